The fourth-order valence-corrected chi connectivity index (χ4v) is 2.52. The van der Waals surface area contributed by atoms with Crippen LogP contribution in [0.5, 0.6) is 0 Å². The molecule has 4 nitrogen and oxygen atoms in total. The van der Waals surface area contributed by atoms with Crippen molar-refractivity contribution in [3.63, 3.8) is 0 Å². The number of carbonyl (C=O) groups is 2. The molecular formula is C16H21NO3. The van der Waals surface area contributed by atoms with Crippen LogP contribution in [-0.2, 0) is 9.59 Å². The Labute approximate surface area is 119 Å². The summed E-state index contributed by atoms with van der Waals surface area (Å²) in [5.74, 6) is -0.850. The van der Waals surface area contributed by atoms with E-state index in [1.807, 2.05) is 51.1 Å². The highest BCUT2D eigenvalue weighted by Gasteiger charge is 2.47. The Morgan fingerprint density at radius 1 is 1.25 bits per heavy atom. The van der Waals surface area contributed by atoms with Gasteiger partial charge in [-0.3, -0.25) is 9.59 Å². The van der Waals surface area contributed by atoms with Crippen LogP contribution in [0.3, 0.4) is 0 Å². The Hall–Kier alpha value is -1.84. The quantitative estimate of drug-likeness (QED) is 0.918. The van der Waals surface area contributed by atoms with Crippen molar-refractivity contribution in [2.24, 2.45) is 5.92 Å². The van der Waals surface area contributed by atoms with Gasteiger partial charge in [0.25, 0.3) is 0 Å². The van der Waals surface area contributed by atoms with E-state index in [1.54, 1.807) is 0 Å². The standard InChI is InChI=1S/C16H21NO3/c1-16(2,3)17(10-14(18)19)15(20)13-9-12(13)11-7-5-4-6-8-11/h4-8,12-13H,9-10H2,1-3H3,(H,18,19). The van der Waals surface area contributed by atoms with Gasteiger partial charge >= 0.3 is 5.97 Å². The molecule has 0 bridgehead atoms. The van der Waals surface area contributed by atoms with E-state index in [-0.39, 0.29) is 24.3 Å². The molecule has 2 atom stereocenters. The minimum atomic E-state index is -0.967. The minimum absolute atomic E-state index is 0.0475. The Morgan fingerprint density at radius 2 is 1.85 bits per heavy atom. The molecule has 1 saturated carbocycles. The molecule has 0 aliphatic heterocycles. The molecule has 1 aliphatic carbocycles. The Bertz CT molecular complexity index is 504. The summed E-state index contributed by atoms with van der Waals surface area (Å²) in [6, 6.07) is 9.93. The Kier molecular flexibility index (Phi) is 3.84. The number of carbonyl (C=O) groups excluding carboxylic acids is 1. The summed E-state index contributed by atoms with van der Waals surface area (Å²) < 4.78 is 0. The van der Waals surface area contributed by atoms with Crippen molar-refractivity contribution >= 4 is 11.9 Å². The van der Waals surface area contributed by atoms with Gasteiger partial charge < -0.3 is 10.0 Å². The minimum Gasteiger partial charge on any atom is -0.480 e. The maximum atomic E-state index is 12.5. The summed E-state index contributed by atoms with van der Waals surface area (Å²) >= 11 is 0. The van der Waals surface area contributed by atoms with E-state index in [2.05, 4.69) is 0 Å². The Morgan fingerprint density at radius 3 is 2.35 bits per heavy atom. The lowest BCUT2D eigenvalue weighted by molar-refractivity contribution is -0.149. The topological polar surface area (TPSA) is 57.6 Å². The zero-order valence-electron chi connectivity index (χ0n) is 12.2. The molecule has 1 aromatic rings. The molecule has 2 rings (SSSR count). The van der Waals surface area contributed by atoms with E-state index in [9.17, 15) is 9.59 Å². The third kappa shape index (κ3) is 3.18. The average Bonchev–Trinajstić information content (AvgIpc) is 3.15. The van der Waals surface area contributed by atoms with Gasteiger partial charge in [0.15, 0.2) is 0 Å². The summed E-state index contributed by atoms with van der Waals surface area (Å²) in [4.78, 5) is 25.0. The fourth-order valence-electron chi connectivity index (χ4n) is 2.52. The first-order valence-corrected chi connectivity index (χ1v) is 6.89. The number of carboxylic acids is 1. The van der Waals surface area contributed by atoms with E-state index in [0.29, 0.717) is 0 Å². The highest BCUT2D eigenvalue weighted by molar-refractivity contribution is 5.86. The normalized spacial score (nSPS) is 21.4. The second-order valence-corrected chi connectivity index (χ2v) is 6.35. The van der Waals surface area contributed by atoms with Gasteiger partial charge in [0.05, 0.1) is 0 Å². The lowest BCUT2D eigenvalue weighted by Crippen LogP contribution is -2.49. The van der Waals surface area contributed by atoms with E-state index < -0.39 is 11.5 Å². The first-order chi connectivity index (χ1) is 9.30. The molecule has 1 fully saturated rings. The molecule has 1 amide bonds. The van der Waals surface area contributed by atoms with Crippen LogP contribution >= 0.6 is 0 Å². The van der Waals surface area contributed by atoms with Crippen molar-refractivity contribution in [1.29, 1.82) is 0 Å². The summed E-state index contributed by atoms with van der Waals surface area (Å²) in [7, 11) is 0. The van der Waals surface area contributed by atoms with Gasteiger partial charge in [0, 0.05) is 11.5 Å². The van der Waals surface area contributed by atoms with E-state index >= 15 is 0 Å². The number of benzene rings is 1. The van der Waals surface area contributed by atoms with Crippen LogP contribution in [0, 0.1) is 5.92 Å². The van der Waals surface area contributed by atoms with Crippen LogP contribution in [-0.4, -0.2) is 34.0 Å². The number of nitrogens with zero attached hydrogens (tertiary/aromatic N) is 1. The first-order valence-electron chi connectivity index (χ1n) is 6.89. The van der Waals surface area contributed by atoms with Gasteiger partial charge in [-0.2, -0.15) is 0 Å². The molecular weight excluding hydrogens is 254 g/mol. The second kappa shape index (κ2) is 5.27. The molecule has 1 aromatic carbocycles. The number of hydrogen-bond acceptors (Lipinski definition) is 2. The molecule has 1 N–H and O–H groups in total. The van der Waals surface area contributed by atoms with Gasteiger partial charge in [-0.05, 0) is 38.7 Å². The number of rotatable bonds is 4. The molecule has 2 unspecified atom stereocenters. The maximum Gasteiger partial charge on any atom is 0.323 e. The predicted molar refractivity (Wildman–Crippen MR) is 76.4 cm³/mol. The summed E-state index contributed by atoms with van der Waals surface area (Å²) in [6.07, 6.45) is 0.815. The monoisotopic (exact) mass is 275 g/mol. The van der Waals surface area contributed by atoms with Crippen molar-refractivity contribution in [3.05, 3.63) is 35.9 Å². The second-order valence-electron chi connectivity index (χ2n) is 6.35. The van der Waals surface area contributed by atoms with Crippen molar-refractivity contribution in [3.8, 4) is 0 Å². The van der Waals surface area contributed by atoms with E-state index in [4.69, 9.17) is 5.11 Å². The lowest BCUT2D eigenvalue weighted by atomic mass is 10.0. The molecule has 1 aliphatic rings. The first kappa shape index (κ1) is 14.6. The van der Waals surface area contributed by atoms with Crippen LogP contribution in [0.4, 0.5) is 0 Å². The van der Waals surface area contributed by atoms with Gasteiger partial charge in [0.2, 0.25) is 5.91 Å². The SMILES string of the molecule is CC(C)(C)N(CC(=O)O)C(=O)C1CC1c1ccccc1. The van der Waals surface area contributed by atoms with E-state index in [0.717, 1.165) is 12.0 Å². The highest BCUT2D eigenvalue weighted by Crippen LogP contribution is 2.48. The third-order valence-corrected chi connectivity index (χ3v) is 3.70. The molecule has 0 spiro atoms. The number of aliphatic carboxylic acids is 1. The van der Waals surface area contributed by atoms with Gasteiger partial charge in [-0.15, -0.1) is 0 Å². The van der Waals surface area contributed by atoms with Crippen LogP contribution in [0.1, 0.15) is 38.7 Å². The molecule has 20 heavy (non-hydrogen) atoms. The van der Waals surface area contributed by atoms with Gasteiger partial charge in [-0.1, -0.05) is 30.3 Å². The van der Waals surface area contributed by atoms with Crippen LogP contribution in [0.2, 0.25) is 0 Å². The number of carboxylic acid groups (broad SMARTS) is 1. The fraction of sp³-hybridized carbons (Fsp3) is 0.500. The van der Waals surface area contributed by atoms with Gasteiger partial charge in [-0.25, -0.2) is 0 Å². The smallest absolute Gasteiger partial charge is 0.323 e. The van der Waals surface area contributed by atoms with Crippen LogP contribution < -0.4 is 0 Å². The Balaban J connectivity index is 2.09. The third-order valence-electron chi connectivity index (χ3n) is 3.70. The maximum absolute atomic E-state index is 12.5. The predicted octanol–water partition coefficient (Wildman–Crippen LogP) is 2.50. The largest absolute Gasteiger partial charge is 0.480 e. The molecule has 0 radical (unpaired) electrons. The molecule has 108 valence electrons. The zero-order valence-corrected chi connectivity index (χ0v) is 12.2. The number of hydrogen-bond donors (Lipinski definition) is 1. The number of amides is 1. The van der Waals surface area contributed by atoms with E-state index in [1.165, 1.54) is 4.90 Å². The molecule has 0 aromatic heterocycles. The summed E-state index contributed by atoms with van der Waals surface area (Å²) in [6.45, 7) is 5.37. The zero-order chi connectivity index (χ0) is 14.9. The highest BCUT2D eigenvalue weighted by atomic mass is 16.4. The van der Waals surface area contributed by atoms with Crippen LogP contribution in [0.15, 0.2) is 30.3 Å². The summed E-state index contributed by atoms with van der Waals surface area (Å²) in [5, 5.41) is 8.99. The molecule has 0 heterocycles. The van der Waals surface area contributed by atoms with Crippen molar-refractivity contribution in [1.82, 2.24) is 4.90 Å². The van der Waals surface area contributed by atoms with Crippen molar-refractivity contribution in [2.75, 3.05) is 6.54 Å². The molecule has 4 heteroatoms. The summed E-state index contributed by atoms with van der Waals surface area (Å²) in [5.41, 5.74) is 0.689. The van der Waals surface area contributed by atoms with Crippen LogP contribution in [0.25, 0.3) is 0 Å². The molecule has 0 saturated heterocycles. The van der Waals surface area contributed by atoms with Gasteiger partial charge in [0.1, 0.15) is 6.54 Å². The lowest BCUT2D eigenvalue weighted by Gasteiger charge is -2.34. The average molecular weight is 275 g/mol. The van der Waals surface area contributed by atoms with Crippen molar-refractivity contribution < 1.29 is 14.7 Å². The van der Waals surface area contributed by atoms with Crippen molar-refractivity contribution in [2.45, 2.75) is 38.6 Å².